The van der Waals surface area contributed by atoms with E-state index in [4.69, 9.17) is 9.26 Å². The Morgan fingerprint density at radius 3 is 2.60 bits per heavy atom. The van der Waals surface area contributed by atoms with E-state index >= 15 is 0 Å². The van der Waals surface area contributed by atoms with Crippen LogP contribution < -0.4 is 9.64 Å². The first-order valence-electron chi connectivity index (χ1n) is 15.8. The summed E-state index contributed by atoms with van der Waals surface area (Å²) in [6.45, 7) is 4.79. The van der Waals surface area contributed by atoms with Crippen molar-refractivity contribution in [2.24, 2.45) is 11.3 Å². The molecular formula is C36H37N3O4. The molecule has 0 amide bonds. The van der Waals surface area contributed by atoms with Gasteiger partial charge in [0.15, 0.2) is 5.69 Å². The molecule has 7 nitrogen and oxygen atoms in total. The normalized spacial score (nSPS) is 19.5. The largest absolute Gasteiger partial charge is 0.493 e. The number of rotatable bonds is 8. The van der Waals surface area contributed by atoms with Crippen molar-refractivity contribution in [2.75, 3.05) is 24.6 Å². The standard InChI is InChI=1S/C36H37N3O4/c1-22-4-2-3-5-27(22)33-29(34(43-38-33)25-8-9-25)16-24-19-36(20-24)12-14-39(15-13-36)26-10-11-30-28(17-26)32(42-21-23-6-7-23)18-31(37-30)35(40)41/h2-5,10-11,16-18,23,25H,6-9,12-15,19-21H2,1H3,(H,40,41). The van der Waals surface area contributed by atoms with E-state index in [1.807, 2.05) is 6.07 Å². The van der Waals surface area contributed by atoms with E-state index < -0.39 is 5.97 Å². The van der Waals surface area contributed by atoms with Crippen molar-refractivity contribution < 1.29 is 19.2 Å². The van der Waals surface area contributed by atoms with E-state index in [0.717, 1.165) is 61.3 Å². The second-order valence-electron chi connectivity index (χ2n) is 13.3. The average Bonchev–Trinajstić information content (AvgIpc) is 3.94. The number of hydrogen-bond donors (Lipinski definition) is 1. The minimum absolute atomic E-state index is 0.0290. The Balaban J connectivity index is 0.985. The summed E-state index contributed by atoms with van der Waals surface area (Å²) in [5.41, 5.74) is 8.32. The van der Waals surface area contributed by atoms with Gasteiger partial charge in [-0.05, 0) is 99.5 Å². The minimum Gasteiger partial charge on any atom is -0.493 e. The number of pyridine rings is 1. The summed E-state index contributed by atoms with van der Waals surface area (Å²) >= 11 is 0. The summed E-state index contributed by atoms with van der Waals surface area (Å²) in [4.78, 5) is 18.5. The smallest absolute Gasteiger partial charge is 0.354 e. The average molecular weight is 576 g/mol. The highest BCUT2D eigenvalue weighted by molar-refractivity contribution is 5.94. The predicted molar refractivity (Wildman–Crippen MR) is 167 cm³/mol. The van der Waals surface area contributed by atoms with Crippen molar-refractivity contribution in [3.8, 4) is 17.0 Å². The lowest BCUT2D eigenvalue weighted by Crippen LogP contribution is -2.44. The molecule has 1 aliphatic heterocycles. The molecule has 1 saturated heterocycles. The van der Waals surface area contributed by atoms with Crippen LogP contribution in [0.5, 0.6) is 5.75 Å². The molecule has 7 heteroatoms. The second kappa shape index (κ2) is 10.2. The van der Waals surface area contributed by atoms with Crippen LogP contribution in [0.4, 0.5) is 5.69 Å². The zero-order valence-corrected chi connectivity index (χ0v) is 24.6. The number of anilines is 1. The Labute approximate surface area is 251 Å². The molecule has 2 aromatic carbocycles. The molecule has 1 N–H and O–H groups in total. The van der Waals surface area contributed by atoms with E-state index in [9.17, 15) is 9.90 Å². The summed E-state index contributed by atoms with van der Waals surface area (Å²) in [7, 11) is 0. The molecule has 3 saturated carbocycles. The number of carboxylic acids is 1. The van der Waals surface area contributed by atoms with E-state index in [2.05, 4.69) is 64.4 Å². The van der Waals surface area contributed by atoms with Crippen LogP contribution in [-0.4, -0.2) is 40.9 Å². The number of nitrogens with zero attached hydrogens (tertiary/aromatic N) is 3. The Morgan fingerprint density at radius 1 is 1.09 bits per heavy atom. The third-order valence-electron chi connectivity index (χ3n) is 9.99. The fraction of sp³-hybridized carbons (Fsp3) is 0.417. The number of aryl methyl sites for hydroxylation is 1. The number of piperidine rings is 1. The number of fused-ring (bicyclic) bond motifs is 1. The summed E-state index contributed by atoms with van der Waals surface area (Å²) in [6.07, 6.45) is 11.7. The maximum absolute atomic E-state index is 11.7. The molecule has 3 heterocycles. The fourth-order valence-corrected chi connectivity index (χ4v) is 7.03. The molecule has 0 radical (unpaired) electrons. The molecule has 3 aliphatic carbocycles. The quantitative estimate of drug-likeness (QED) is 0.227. The van der Waals surface area contributed by atoms with Crippen LogP contribution in [0.1, 0.15) is 84.7 Å². The molecule has 4 fully saturated rings. The van der Waals surface area contributed by atoms with Gasteiger partial charge in [-0.25, -0.2) is 9.78 Å². The zero-order chi connectivity index (χ0) is 29.1. The second-order valence-corrected chi connectivity index (χ2v) is 13.3. The SMILES string of the molecule is Cc1ccccc1-c1noc(C2CC2)c1C=C1CC2(CCN(c3ccc4nc(C(=O)O)cc(OCC5CC5)c4c3)CC2)C1. The summed E-state index contributed by atoms with van der Waals surface area (Å²) < 4.78 is 12.1. The molecule has 8 rings (SSSR count). The Bertz CT molecular complexity index is 1750. The van der Waals surface area contributed by atoms with Gasteiger partial charge in [-0.15, -0.1) is 0 Å². The van der Waals surface area contributed by atoms with Gasteiger partial charge in [0.2, 0.25) is 0 Å². The molecule has 43 heavy (non-hydrogen) atoms. The highest BCUT2D eigenvalue weighted by Gasteiger charge is 2.43. The van der Waals surface area contributed by atoms with E-state index in [-0.39, 0.29) is 5.69 Å². The summed E-state index contributed by atoms with van der Waals surface area (Å²) in [6, 6.07) is 16.2. The van der Waals surface area contributed by atoms with Crippen LogP contribution in [0.25, 0.3) is 28.2 Å². The molecular weight excluding hydrogens is 538 g/mol. The number of aromatic carboxylic acids is 1. The minimum atomic E-state index is -1.03. The van der Waals surface area contributed by atoms with Gasteiger partial charge in [0, 0.05) is 47.3 Å². The van der Waals surface area contributed by atoms with Crippen LogP contribution in [0.2, 0.25) is 0 Å². The number of allylic oxidation sites excluding steroid dienone is 1. The molecule has 1 spiro atoms. The predicted octanol–water partition coefficient (Wildman–Crippen LogP) is 8.03. The van der Waals surface area contributed by atoms with E-state index in [1.54, 1.807) is 6.07 Å². The van der Waals surface area contributed by atoms with Gasteiger partial charge < -0.3 is 19.3 Å². The molecule has 4 aromatic rings. The van der Waals surface area contributed by atoms with E-state index in [0.29, 0.717) is 35.1 Å². The first-order chi connectivity index (χ1) is 20.9. The van der Waals surface area contributed by atoms with Crippen LogP contribution in [-0.2, 0) is 0 Å². The Hall–Kier alpha value is -4.13. The first-order valence-corrected chi connectivity index (χ1v) is 15.8. The Kier molecular flexibility index (Phi) is 6.32. The third kappa shape index (κ3) is 5.09. The number of carbonyl (C=O) groups is 1. The fourth-order valence-electron chi connectivity index (χ4n) is 7.03. The molecule has 2 aromatic heterocycles. The van der Waals surface area contributed by atoms with Crippen LogP contribution in [0, 0.1) is 18.3 Å². The highest BCUT2D eigenvalue weighted by atomic mass is 16.5. The molecule has 0 atom stereocenters. The van der Waals surface area contributed by atoms with Gasteiger partial charge in [0.05, 0.1) is 12.1 Å². The van der Waals surface area contributed by atoms with Crippen molar-refractivity contribution >= 4 is 28.6 Å². The summed E-state index contributed by atoms with van der Waals surface area (Å²) in [5.74, 6) is 1.77. The monoisotopic (exact) mass is 575 g/mol. The maximum atomic E-state index is 11.7. The molecule has 0 unspecified atom stereocenters. The topological polar surface area (TPSA) is 88.7 Å². The molecule has 0 bridgehead atoms. The van der Waals surface area contributed by atoms with Crippen molar-refractivity contribution in [3.05, 3.63) is 76.7 Å². The number of aromatic nitrogens is 2. The van der Waals surface area contributed by atoms with Gasteiger partial charge in [0.25, 0.3) is 0 Å². The van der Waals surface area contributed by atoms with Crippen molar-refractivity contribution in [1.82, 2.24) is 10.1 Å². The van der Waals surface area contributed by atoms with Crippen LogP contribution >= 0.6 is 0 Å². The zero-order valence-electron chi connectivity index (χ0n) is 24.6. The number of hydrogen-bond acceptors (Lipinski definition) is 6. The van der Waals surface area contributed by atoms with E-state index in [1.165, 1.54) is 47.9 Å². The molecule has 220 valence electrons. The third-order valence-corrected chi connectivity index (χ3v) is 9.99. The van der Waals surface area contributed by atoms with Crippen LogP contribution in [0.15, 0.2) is 58.6 Å². The van der Waals surface area contributed by atoms with Gasteiger partial charge in [-0.1, -0.05) is 35.0 Å². The lowest BCUT2D eigenvalue weighted by atomic mass is 9.60. The van der Waals surface area contributed by atoms with Gasteiger partial charge >= 0.3 is 5.97 Å². The number of ether oxygens (including phenoxy) is 1. The molecule has 4 aliphatic rings. The van der Waals surface area contributed by atoms with Gasteiger partial charge in [-0.2, -0.15) is 0 Å². The Morgan fingerprint density at radius 2 is 1.88 bits per heavy atom. The number of benzene rings is 2. The summed E-state index contributed by atoms with van der Waals surface area (Å²) in [5, 5.41) is 15.0. The van der Waals surface area contributed by atoms with Crippen molar-refractivity contribution in [2.45, 2.75) is 64.2 Å². The van der Waals surface area contributed by atoms with Crippen molar-refractivity contribution in [1.29, 1.82) is 0 Å². The maximum Gasteiger partial charge on any atom is 0.354 e. The van der Waals surface area contributed by atoms with Gasteiger partial charge in [0.1, 0.15) is 17.2 Å². The number of carboxylic acid groups (broad SMARTS) is 1. The highest BCUT2D eigenvalue weighted by Crippen LogP contribution is 2.54. The van der Waals surface area contributed by atoms with Crippen molar-refractivity contribution in [3.63, 3.8) is 0 Å². The lowest BCUT2D eigenvalue weighted by Gasteiger charge is -2.50. The van der Waals surface area contributed by atoms with Gasteiger partial charge in [-0.3, -0.25) is 0 Å². The van der Waals surface area contributed by atoms with Crippen LogP contribution in [0.3, 0.4) is 0 Å². The lowest BCUT2D eigenvalue weighted by molar-refractivity contribution is 0.0690. The first kappa shape index (κ1) is 26.5.